The van der Waals surface area contributed by atoms with Gasteiger partial charge in [0.1, 0.15) is 16.8 Å². The third-order valence-corrected chi connectivity index (χ3v) is 6.12. The van der Waals surface area contributed by atoms with Gasteiger partial charge in [0.2, 0.25) is 11.5 Å². The molecule has 1 amide bonds. The Morgan fingerprint density at radius 1 is 1.25 bits per heavy atom. The number of ether oxygens (including phenoxy) is 1. The number of aryl methyl sites for hydroxylation is 1. The molecule has 0 atom stereocenters. The Morgan fingerprint density at radius 3 is 2.84 bits per heavy atom. The van der Waals surface area contributed by atoms with Gasteiger partial charge in [-0.1, -0.05) is 43.3 Å². The highest BCUT2D eigenvalue weighted by Gasteiger charge is 2.18. The van der Waals surface area contributed by atoms with Crippen molar-refractivity contribution in [3.8, 4) is 5.75 Å². The first-order valence-electron chi connectivity index (χ1n) is 10.5. The fourth-order valence-electron chi connectivity index (χ4n) is 3.51. The first-order chi connectivity index (χ1) is 15.5. The molecule has 0 radical (unpaired) electrons. The van der Waals surface area contributed by atoms with Crippen LogP contribution in [0.2, 0.25) is 0 Å². The van der Waals surface area contributed by atoms with Gasteiger partial charge in [-0.05, 0) is 43.2 Å². The molecule has 0 saturated heterocycles. The van der Waals surface area contributed by atoms with E-state index in [2.05, 4.69) is 12.2 Å². The maximum absolute atomic E-state index is 13.2. The lowest BCUT2D eigenvalue weighted by Gasteiger charge is -2.13. The number of furan rings is 1. The molecule has 2 heterocycles. The number of rotatable bonds is 8. The Bertz CT molecular complexity index is 1340. The third-order valence-electron chi connectivity index (χ3n) is 5.14. The molecule has 0 aliphatic carbocycles. The summed E-state index contributed by atoms with van der Waals surface area (Å²) in [4.78, 5) is 30.6. The first-order valence-corrected chi connectivity index (χ1v) is 11.5. The van der Waals surface area contributed by atoms with Gasteiger partial charge < -0.3 is 14.5 Å². The molecule has 32 heavy (non-hydrogen) atoms. The fraction of sp³-hybridized carbons (Fsp3) is 0.292. The van der Waals surface area contributed by atoms with Gasteiger partial charge in [-0.25, -0.2) is 4.98 Å². The monoisotopic (exact) mass is 451 g/mol. The zero-order chi connectivity index (χ0) is 22.7. The number of amides is 1. The number of methoxy groups -OCH3 is 1. The summed E-state index contributed by atoms with van der Waals surface area (Å²) < 4.78 is 12.7. The number of carbonyl (C=O) groups excluding carboxylic acids is 1. The Kier molecular flexibility index (Phi) is 6.50. The second-order valence-corrected chi connectivity index (χ2v) is 8.46. The van der Waals surface area contributed by atoms with E-state index < -0.39 is 0 Å². The Hall–Kier alpha value is -3.26. The molecule has 4 aromatic rings. The topological polar surface area (TPSA) is 86.4 Å². The molecule has 166 valence electrons. The molecule has 0 aliphatic rings. The van der Waals surface area contributed by atoms with Crippen LogP contribution in [0.1, 0.15) is 25.3 Å². The van der Waals surface area contributed by atoms with Crippen LogP contribution < -0.4 is 15.6 Å². The van der Waals surface area contributed by atoms with Crippen LogP contribution in [-0.2, 0) is 11.3 Å². The molecular formula is C24H25N3O4S. The predicted octanol–water partition coefficient (Wildman–Crippen LogP) is 4.99. The lowest BCUT2D eigenvalue weighted by Crippen LogP contribution is -2.24. The van der Waals surface area contributed by atoms with E-state index in [1.807, 2.05) is 49.4 Å². The van der Waals surface area contributed by atoms with Crippen molar-refractivity contribution in [3.05, 3.63) is 58.4 Å². The number of aromatic nitrogens is 2. The second-order valence-electron chi connectivity index (χ2n) is 7.52. The highest BCUT2D eigenvalue weighted by atomic mass is 32.2. The van der Waals surface area contributed by atoms with Crippen molar-refractivity contribution in [1.29, 1.82) is 0 Å². The number of benzene rings is 2. The van der Waals surface area contributed by atoms with Crippen LogP contribution in [0.3, 0.4) is 0 Å². The van der Waals surface area contributed by atoms with E-state index in [1.54, 1.807) is 11.7 Å². The molecule has 1 N–H and O–H groups in total. The highest BCUT2D eigenvalue weighted by Crippen LogP contribution is 2.28. The highest BCUT2D eigenvalue weighted by molar-refractivity contribution is 7.99. The number of hydrogen-bond donors (Lipinski definition) is 1. The number of thioether (sulfide) groups is 1. The summed E-state index contributed by atoms with van der Waals surface area (Å²) in [6, 6.07) is 13.1. The number of unbranched alkanes of at least 4 members (excludes halogenated alkanes) is 1. The minimum atomic E-state index is -0.220. The van der Waals surface area contributed by atoms with E-state index >= 15 is 0 Å². The minimum absolute atomic E-state index is 0.108. The molecular weight excluding hydrogens is 426 g/mol. The largest absolute Gasteiger partial charge is 0.495 e. The molecule has 4 rings (SSSR count). The number of nitrogens with zero attached hydrogens (tertiary/aromatic N) is 2. The van der Waals surface area contributed by atoms with Gasteiger partial charge in [0.25, 0.3) is 5.56 Å². The van der Waals surface area contributed by atoms with Crippen LogP contribution in [0.4, 0.5) is 5.69 Å². The van der Waals surface area contributed by atoms with Gasteiger partial charge in [-0.2, -0.15) is 0 Å². The van der Waals surface area contributed by atoms with E-state index in [-0.39, 0.29) is 22.8 Å². The van der Waals surface area contributed by atoms with Gasteiger partial charge in [0, 0.05) is 11.9 Å². The summed E-state index contributed by atoms with van der Waals surface area (Å²) in [5.41, 5.74) is 2.82. The van der Waals surface area contributed by atoms with E-state index in [0.717, 1.165) is 23.8 Å². The maximum atomic E-state index is 13.2. The molecule has 0 unspecified atom stereocenters. The van der Waals surface area contributed by atoms with E-state index in [9.17, 15) is 9.59 Å². The lowest BCUT2D eigenvalue weighted by atomic mass is 10.2. The van der Waals surface area contributed by atoms with E-state index in [0.29, 0.717) is 34.2 Å². The predicted molar refractivity (Wildman–Crippen MR) is 128 cm³/mol. The average molecular weight is 452 g/mol. The van der Waals surface area contributed by atoms with Crippen LogP contribution in [0.5, 0.6) is 5.75 Å². The van der Waals surface area contributed by atoms with Gasteiger partial charge >= 0.3 is 0 Å². The average Bonchev–Trinajstić information content (AvgIpc) is 3.16. The van der Waals surface area contributed by atoms with Crippen molar-refractivity contribution < 1.29 is 13.9 Å². The Balaban J connectivity index is 1.64. The Morgan fingerprint density at radius 2 is 2.06 bits per heavy atom. The molecule has 0 bridgehead atoms. The van der Waals surface area contributed by atoms with Crippen molar-refractivity contribution in [2.45, 2.75) is 38.4 Å². The molecule has 0 spiro atoms. The lowest BCUT2D eigenvalue weighted by molar-refractivity contribution is -0.113. The smallest absolute Gasteiger partial charge is 0.297 e. The van der Waals surface area contributed by atoms with Gasteiger partial charge in [0.15, 0.2) is 5.16 Å². The Labute approximate surface area is 189 Å². The van der Waals surface area contributed by atoms with Crippen molar-refractivity contribution in [1.82, 2.24) is 9.55 Å². The number of nitrogens with one attached hydrogen (secondary N) is 1. The minimum Gasteiger partial charge on any atom is -0.495 e. The quantitative estimate of drug-likeness (QED) is 0.300. The summed E-state index contributed by atoms with van der Waals surface area (Å²) in [6.07, 6.45) is 1.76. The third kappa shape index (κ3) is 4.36. The van der Waals surface area contributed by atoms with E-state index in [1.165, 1.54) is 11.8 Å². The molecule has 2 aromatic carbocycles. The van der Waals surface area contributed by atoms with Crippen molar-refractivity contribution >= 4 is 45.4 Å². The number of hydrogen-bond acceptors (Lipinski definition) is 6. The number of para-hydroxylation sites is 1. The first kappa shape index (κ1) is 22.0. The summed E-state index contributed by atoms with van der Waals surface area (Å²) in [5, 5.41) is 4.19. The second kappa shape index (κ2) is 9.48. The molecule has 7 nitrogen and oxygen atoms in total. The molecule has 0 saturated carbocycles. The van der Waals surface area contributed by atoms with Crippen molar-refractivity contribution in [2.75, 3.05) is 18.2 Å². The maximum Gasteiger partial charge on any atom is 0.297 e. The summed E-state index contributed by atoms with van der Waals surface area (Å²) in [5.74, 6) is 0.502. The van der Waals surface area contributed by atoms with Gasteiger partial charge in [0.05, 0.1) is 18.6 Å². The van der Waals surface area contributed by atoms with Crippen molar-refractivity contribution in [2.24, 2.45) is 0 Å². The zero-order valence-electron chi connectivity index (χ0n) is 18.3. The van der Waals surface area contributed by atoms with Crippen LogP contribution in [-0.4, -0.2) is 28.3 Å². The summed E-state index contributed by atoms with van der Waals surface area (Å²) in [7, 11) is 1.57. The van der Waals surface area contributed by atoms with E-state index in [4.69, 9.17) is 14.1 Å². The molecule has 0 aliphatic heterocycles. The number of fused-ring (bicyclic) bond motifs is 3. The molecule has 2 aromatic heterocycles. The van der Waals surface area contributed by atoms with Gasteiger partial charge in [-0.3, -0.25) is 14.2 Å². The molecule has 0 fully saturated rings. The van der Waals surface area contributed by atoms with Gasteiger partial charge in [-0.15, -0.1) is 0 Å². The number of carbonyl (C=O) groups is 1. The summed E-state index contributed by atoms with van der Waals surface area (Å²) in [6.45, 7) is 4.53. The fourth-order valence-corrected chi connectivity index (χ4v) is 4.33. The van der Waals surface area contributed by atoms with Crippen LogP contribution in [0, 0.1) is 6.92 Å². The zero-order valence-corrected chi connectivity index (χ0v) is 19.1. The standard InChI is InChI=1S/C24H25N3O4S/c1-4-5-12-27-23(29)22-21(16-8-6-7-9-18(16)31-22)26-24(27)32-14-20(28)25-17-13-15(2)10-11-19(17)30-3/h6-11,13H,4-5,12,14H2,1-3H3,(H,25,28). The normalized spacial score (nSPS) is 11.2. The van der Waals surface area contributed by atoms with Crippen LogP contribution in [0.15, 0.2) is 56.8 Å². The van der Waals surface area contributed by atoms with Crippen LogP contribution in [0.25, 0.3) is 22.1 Å². The molecule has 8 heteroatoms. The summed E-state index contributed by atoms with van der Waals surface area (Å²) >= 11 is 1.24. The number of anilines is 1. The SMILES string of the molecule is CCCCn1c(SCC(=O)Nc2cc(C)ccc2OC)nc2c(oc3ccccc32)c1=O. The van der Waals surface area contributed by atoms with Crippen LogP contribution >= 0.6 is 11.8 Å². The van der Waals surface area contributed by atoms with Crippen molar-refractivity contribution in [3.63, 3.8) is 0 Å².